The number of carbonyl (C=O) groups excluding carboxylic acids is 4. The zero-order valence-corrected chi connectivity index (χ0v) is 23.6. The van der Waals surface area contributed by atoms with Gasteiger partial charge in [-0.2, -0.15) is 13.2 Å². The lowest BCUT2D eigenvalue weighted by atomic mass is 9.50. The number of carbonyl (C=O) groups is 4. The van der Waals surface area contributed by atoms with Crippen molar-refractivity contribution in [2.75, 3.05) is 20.7 Å². The van der Waals surface area contributed by atoms with Crippen molar-refractivity contribution in [2.24, 2.45) is 0 Å². The van der Waals surface area contributed by atoms with E-state index in [1.54, 1.807) is 13.2 Å². The van der Waals surface area contributed by atoms with Gasteiger partial charge in [0.15, 0.2) is 29.8 Å². The largest absolute Gasteiger partial charge is 0.493 e. The van der Waals surface area contributed by atoms with E-state index in [2.05, 4.69) is 4.90 Å². The Morgan fingerprint density at radius 3 is 2.40 bits per heavy atom. The molecule has 0 aromatic heterocycles. The maximum absolute atomic E-state index is 12.9. The van der Waals surface area contributed by atoms with Crippen molar-refractivity contribution in [3.8, 4) is 11.5 Å². The van der Waals surface area contributed by atoms with E-state index in [9.17, 15) is 32.7 Å². The average molecular weight is 600 g/mol. The van der Waals surface area contributed by atoms with Crippen molar-refractivity contribution in [3.63, 3.8) is 0 Å². The Balaban J connectivity index is 0.000000612. The first-order chi connectivity index (χ1) is 19.6. The van der Waals surface area contributed by atoms with E-state index in [4.69, 9.17) is 28.5 Å². The molecule has 6 atom stereocenters. The molecule has 1 saturated heterocycles. The average Bonchev–Trinajstić information content (AvgIpc) is 3.27. The predicted octanol–water partition coefficient (Wildman–Crippen LogP) is 2.15. The van der Waals surface area contributed by atoms with Gasteiger partial charge >= 0.3 is 24.1 Å². The molecule has 1 aromatic carbocycles. The molecule has 0 radical (unpaired) electrons. The number of likely N-dealkylation sites (tertiary alicyclic amines) is 1. The molecule has 1 N–H and O–H groups in total. The summed E-state index contributed by atoms with van der Waals surface area (Å²) in [5, 5.41) is 12.2. The Kier molecular flexibility index (Phi) is 8.35. The van der Waals surface area contributed by atoms with Crippen molar-refractivity contribution < 1.29 is 61.1 Å². The Hall–Kier alpha value is -3.65. The fourth-order valence-corrected chi connectivity index (χ4v) is 6.40. The Morgan fingerprint density at radius 1 is 1.17 bits per heavy atom. The number of aliphatic hydroxyl groups is 1. The molecule has 2 aliphatic carbocycles. The monoisotopic (exact) mass is 599 g/mol. The lowest BCUT2D eigenvalue weighted by Crippen LogP contribution is -2.74. The summed E-state index contributed by atoms with van der Waals surface area (Å²) in [6, 6.07) is 3.76. The van der Waals surface area contributed by atoms with Crippen molar-refractivity contribution in [1.29, 1.82) is 0 Å². The number of aldehydes is 1. The van der Waals surface area contributed by atoms with Gasteiger partial charge < -0.3 is 33.7 Å². The number of ether oxygens (including phenoxy) is 5. The fraction of sp³-hybridized carbons (Fsp3) is 0.571. The minimum absolute atomic E-state index is 0.125. The van der Waals surface area contributed by atoms with Gasteiger partial charge in [0.05, 0.1) is 18.1 Å². The summed E-state index contributed by atoms with van der Waals surface area (Å²) in [4.78, 5) is 47.1. The maximum atomic E-state index is 12.9. The van der Waals surface area contributed by atoms with Gasteiger partial charge in [0.2, 0.25) is 6.29 Å². The van der Waals surface area contributed by atoms with E-state index in [-0.39, 0.29) is 18.2 Å². The number of likely N-dealkylation sites (N-methyl/N-ethyl adjacent to an activating group) is 1. The Morgan fingerprint density at radius 2 is 1.81 bits per heavy atom. The molecule has 5 rings (SSSR count). The first kappa shape index (κ1) is 31.3. The molecule has 0 amide bonds. The van der Waals surface area contributed by atoms with Crippen LogP contribution in [0.5, 0.6) is 11.5 Å². The van der Waals surface area contributed by atoms with Gasteiger partial charge in [-0.3, -0.25) is 9.59 Å². The molecule has 4 aliphatic rings. The maximum Gasteiger partial charge on any atom is 0.446 e. The SMILES string of the molecule is COc1ccc2c3c1O[C@H]1C(OC(=O)[C@H](C)OC(=O)[C@H](C)OC(C)=O)=CC[C@@]4(O)[C@@H](C2)N(C)CC[C@]314.O=CC(F)(F)F. The van der Waals surface area contributed by atoms with E-state index in [1.807, 2.05) is 19.2 Å². The molecule has 14 heteroatoms. The normalized spacial score (nSPS) is 28.4. The Bertz CT molecular complexity index is 1310. The van der Waals surface area contributed by atoms with Gasteiger partial charge in [-0.05, 0) is 58.0 Å². The lowest BCUT2D eigenvalue weighted by molar-refractivity contribution is -0.179. The highest BCUT2D eigenvalue weighted by Crippen LogP contribution is 2.65. The van der Waals surface area contributed by atoms with Crippen LogP contribution in [0.1, 0.15) is 44.7 Å². The van der Waals surface area contributed by atoms with Crippen LogP contribution < -0.4 is 9.47 Å². The summed E-state index contributed by atoms with van der Waals surface area (Å²) in [5.41, 5.74) is 0.0808. The van der Waals surface area contributed by atoms with Crippen LogP contribution in [0.15, 0.2) is 24.0 Å². The molecule has 2 heterocycles. The molecule has 2 aliphatic heterocycles. The number of alkyl halides is 3. The van der Waals surface area contributed by atoms with E-state index in [0.717, 1.165) is 17.7 Å². The Labute approximate surface area is 239 Å². The van der Waals surface area contributed by atoms with Crippen LogP contribution >= 0.6 is 0 Å². The summed E-state index contributed by atoms with van der Waals surface area (Å²) >= 11 is 0. The van der Waals surface area contributed by atoms with Crippen molar-refractivity contribution >= 4 is 24.2 Å². The summed E-state index contributed by atoms with van der Waals surface area (Å²) in [6.45, 7) is 4.67. The molecule has 1 fully saturated rings. The number of piperidine rings is 1. The number of benzene rings is 1. The quantitative estimate of drug-likeness (QED) is 0.293. The summed E-state index contributed by atoms with van der Waals surface area (Å²) in [6.07, 6.45) is -5.60. The van der Waals surface area contributed by atoms with Gasteiger partial charge in [0, 0.05) is 24.9 Å². The molecule has 42 heavy (non-hydrogen) atoms. The number of rotatable bonds is 6. The third-order valence-electron chi connectivity index (χ3n) is 8.21. The van der Waals surface area contributed by atoms with E-state index in [1.165, 1.54) is 20.8 Å². The molecule has 230 valence electrons. The van der Waals surface area contributed by atoms with Crippen molar-refractivity contribution in [2.45, 2.75) is 81.6 Å². The number of esters is 3. The molecular weight excluding hydrogens is 567 g/mol. The second-order valence-electron chi connectivity index (χ2n) is 10.7. The molecule has 1 aromatic rings. The number of halogens is 3. The zero-order chi connectivity index (χ0) is 31.2. The predicted molar refractivity (Wildman–Crippen MR) is 136 cm³/mol. The first-order valence-corrected chi connectivity index (χ1v) is 13.2. The minimum atomic E-state index is -4.64. The van der Waals surface area contributed by atoms with Gasteiger partial charge in [0.1, 0.15) is 5.76 Å². The molecule has 1 spiro atoms. The van der Waals surface area contributed by atoms with Crippen LogP contribution in [0, 0.1) is 0 Å². The molecule has 0 saturated carbocycles. The van der Waals surface area contributed by atoms with Gasteiger partial charge in [-0.15, -0.1) is 0 Å². The van der Waals surface area contributed by atoms with E-state index >= 15 is 0 Å². The number of hydrogen-bond acceptors (Lipinski definition) is 11. The number of methoxy groups -OCH3 is 1. The minimum Gasteiger partial charge on any atom is -0.493 e. The summed E-state index contributed by atoms with van der Waals surface area (Å²) < 4.78 is 59.0. The summed E-state index contributed by atoms with van der Waals surface area (Å²) in [7, 11) is 3.58. The lowest BCUT2D eigenvalue weighted by Gasteiger charge is -2.61. The second kappa shape index (κ2) is 11.2. The van der Waals surface area contributed by atoms with E-state index < -0.39 is 59.7 Å². The van der Waals surface area contributed by atoms with Gasteiger partial charge in [0.25, 0.3) is 0 Å². The fourth-order valence-electron chi connectivity index (χ4n) is 6.40. The molecule has 11 nitrogen and oxygen atoms in total. The van der Waals surface area contributed by atoms with Gasteiger partial charge in [-0.1, -0.05) is 6.07 Å². The van der Waals surface area contributed by atoms with Crippen LogP contribution in [-0.4, -0.2) is 91.0 Å². The molecular formula is C28H32F3NO10. The number of nitrogens with zero attached hydrogens (tertiary/aromatic N) is 1. The van der Waals surface area contributed by atoms with Crippen molar-refractivity contribution in [1.82, 2.24) is 4.90 Å². The third kappa shape index (κ3) is 5.21. The third-order valence-corrected chi connectivity index (χ3v) is 8.21. The second-order valence-corrected chi connectivity index (χ2v) is 10.7. The summed E-state index contributed by atoms with van der Waals surface area (Å²) in [5.74, 6) is -0.881. The van der Waals surface area contributed by atoms with Crippen LogP contribution in [0.3, 0.4) is 0 Å². The standard InChI is InChI=1S/C26H31NO9.C2HF3O/c1-13(33-15(3)28)23(29)34-14(2)24(30)35-18-8-9-26(31)19-12-16-6-7-17(32-5)21-20(16)25(26,22(18)36-21)10-11-27(19)4;3-2(4,5)1-6/h6-8,13-14,19,22,31H,9-12H2,1-5H3;1H/t13-,14-,19+,22-,25-,26+;/m0./s1. The molecule has 2 bridgehead atoms. The van der Waals surface area contributed by atoms with Crippen LogP contribution in [0.4, 0.5) is 13.2 Å². The highest BCUT2D eigenvalue weighted by atomic mass is 19.4. The first-order valence-electron chi connectivity index (χ1n) is 13.2. The van der Waals surface area contributed by atoms with Gasteiger partial charge in [-0.25, -0.2) is 9.59 Å². The number of hydrogen-bond donors (Lipinski definition) is 1. The van der Waals surface area contributed by atoms with Crippen LogP contribution in [0.25, 0.3) is 0 Å². The highest BCUT2D eigenvalue weighted by Gasteiger charge is 2.72. The molecule has 0 unspecified atom stereocenters. The smallest absolute Gasteiger partial charge is 0.446 e. The van der Waals surface area contributed by atoms with Crippen LogP contribution in [-0.2, 0) is 45.2 Å². The van der Waals surface area contributed by atoms with Crippen molar-refractivity contribution in [3.05, 3.63) is 35.1 Å². The highest BCUT2D eigenvalue weighted by molar-refractivity contribution is 5.83. The van der Waals surface area contributed by atoms with E-state index in [0.29, 0.717) is 24.3 Å². The zero-order valence-electron chi connectivity index (χ0n) is 23.6. The topological polar surface area (TPSA) is 138 Å². The van der Waals surface area contributed by atoms with Crippen LogP contribution in [0.2, 0.25) is 0 Å².